The molecule has 0 saturated carbocycles. The van der Waals surface area contributed by atoms with Crippen molar-refractivity contribution in [1.29, 1.82) is 0 Å². The molecule has 0 aromatic rings. The van der Waals surface area contributed by atoms with Crippen molar-refractivity contribution < 1.29 is 30.3 Å². The smallest absolute Gasteiger partial charge is 0.218 e. The lowest BCUT2D eigenvalue weighted by Gasteiger charge is -2.34. The van der Waals surface area contributed by atoms with Crippen molar-refractivity contribution in [2.24, 2.45) is 0 Å². The largest absolute Gasteiger partial charge is 0.391 e. The van der Waals surface area contributed by atoms with Crippen LogP contribution >= 0.6 is 0 Å². The summed E-state index contributed by atoms with van der Waals surface area (Å²) in [5.41, 5.74) is 0. The SMILES string of the molecule is C=CCOC(O)(CO)C(O)C(O)C(C)O. The minimum absolute atomic E-state index is 0.110. The molecule has 0 fully saturated rings. The average Bonchev–Trinajstić information content (AvgIpc) is 2.23. The van der Waals surface area contributed by atoms with Gasteiger partial charge in [0.1, 0.15) is 12.2 Å². The van der Waals surface area contributed by atoms with E-state index in [1.54, 1.807) is 0 Å². The van der Waals surface area contributed by atoms with Crippen LogP contribution < -0.4 is 0 Å². The maximum absolute atomic E-state index is 9.60. The predicted octanol–water partition coefficient (Wildman–Crippen LogP) is -2.03. The highest BCUT2D eigenvalue weighted by atomic mass is 16.6. The van der Waals surface area contributed by atoms with Crippen LogP contribution in [0.5, 0.6) is 0 Å². The molecule has 0 aromatic carbocycles. The van der Waals surface area contributed by atoms with E-state index in [1.165, 1.54) is 13.0 Å². The summed E-state index contributed by atoms with van der Waals surface area (Å²) in [5.74, 6) is -2.31. The molecule has 0 aliphatic carbocycles. The van der Waals surface area contributed by atoms with Crippen molar-refractivity contribution in [3.63, 3.8) is 0 Å². The third-order valence-electron chi connectivity index (χ3n) is 1.96. The molecular formula is C9H18O6. The van der Waals surface area contributed by atoms with Gasteiger partial charge in [-0.2, -0.15) is 0 Å². The zero-order valence-electron chi connectivity index (χ0n) is 8.58. The molecule has 0 rings (SSSR count). The molecule has 0 aromatic heterocycles. The number of hydrogen-bond donors (Lipinski definition) is 5. The molecule has 4 atom stereocenters. The first-order valence-corrected chi connectivity index (χ1v) is 4.51. The Balaban J connectivity index is 4.55. The van der Waals surface area contributed by atoms with Crippen LogP contribution in [0.4, 0.5) is 0 Å². The van der Waals surface area contributed by atoms with E-state index in [1.807, 2.05) is 0 Å². The second kappa shape index (κ2) is 6.16. The zero-order valence-corrected chi connectivity index (χ0v) is 8.58. The Bertz CT molecular complexity index is 195. The molecule has 6 nitrogen and oxygen atoms in total. The first-order chi connectivity index (χ1) is 6.89. The van der Waals surface area contributed by atoms with Crippen LogP contribution in [0.2, 0.25) is 0 Å². The number of aliphatic hydroxyl groups excluding tert-OH is 4. The Kier molecular flexibility index (Phi) is 5.96. The van der Waals surface area contributed by atoms with Gasteiger partial charge in [-0.3, -0.25) is 0 Å². The van der Waals surface area contributed by atoms with Gasteiger partial charge < -0.3 is 30.3 Å². The van der Waals surface area contributed by atoms with Crippen molar-refractivity contribution in [3.8, 4) is 0 Å². The lowest BCUT2D eigenvalue weighted by atomic mass is 10.0. The topological polar surface area (TPSA) is 110 Å². The summed E-state index contributed by atoms with van der Waals surface area (Å²) in [4.78, 5) is 0. The van der Waals surface area contributed by atoms with Gasteiger partial charge in [-0.1, -0.05) is 6.08 Å². The van der Waals surface area contributed by atoms with Crippen molar-refractivity contribution in [3.05, 3.63) is 12.7 Å². The molecule has 6 heteroatoms. The third kappa shape index (κ3) is 3.86. The van der Waals surface area contributed by atoms with Gasteiger partial charge in [-0.15, -0.1) is 6.58 Å². The summed E-state index contributed by atoms with van der Waals surface area (Å²) >= 11 is 0. The normalized spacial score (nSPS) is 21.5. The lowest BCUT2D eigenvalue weighted by Crippen LogP contribution is -2.56. The standard InChI is InChI=1S/C9H18O6/c1-3-4-15-9(14,5-10)8(13)7(12)6(2)11/h3,6-8,10-14H,1,4-5H2,2H3. The second-order valence-electron chi connectivity index (χ2n) is 3.28. The summed E-state index contributed by atoms with van der Waals surface area (Å²) in [6, 6.07) is 0. The molecule has 0 amide bonds. The van der Waals surface area contributed by atoms with Gasteiger partial charge in [0.05, 0.1) is 19.3 Å². The highest BCUT2D eigenvalue weighted by molar-refractivity contribution is 4.86. The fraction of sp³-hybridized carbons (Fsp3) is 0.778. The summed E-state index contributed by atoms with van der Waals surface area (Å²) < 4.78 is 4.73. The van der Waals surface area contributed by atoms with Crippen molar-refractivity contribution >= 4 is 0 Å². The zero-order chi connectivity index (χ0) is 12.1. The van der Waals surface area contributed by atoms with Gasteiger partial charge in [0.2, 0.25) is 5.79 Å². The van der Waals surface area contributed by atoms with E-state index in [0.29, 0.717) is 0 Å². The van der Waals surface area contributed by atoms with Gasteiger partial charge in [0.25, 0.3) is 0 Å². The van der Waals surface area contributed by atoms with Gasteiger partial charge in [-0.05, 0) is 6.92 Å². The van der Waals surface area contributed by atoms with Crippen LogP contribution in [0.3, 0.4) is 0 Å². The summed E-state index contributed by atoms with van der Waals surface area (Å²) in [7, 11) is 0. The van der Waals surface area contributed by atoms with Crippen LogP contribution in [0.1, 0.15) is 6.92 Å². The molecule has 0 radical (unpaired) electrons. The maximum Gasteiger partial charge on any atom is 0.218 e. The molecule has 0 bridgehead atoms. The van der Waals surface area contributed by atoms with Crippen LogP contribution in [0, 0.1) is 0 Å². The second-order valence-corrected chi connectivity index (χ2v) is 3.28. The highest BCUT2D eigenvalue weighted by Crippen LogP contribution is 2.17. The number of rotatable bonds is 7. The molecule has 15 heavy (non-hydrogen) atoms. The minimum atomic E-state index is -2.31. The molecule has 0 heterocycles. The monoisotopic (exact) mass is 222 g/mol. The molecule has 5 N–H and O–H groups in total. The first-order valence-electron chi connectivity index (χ1n) is 4.51. The average molecular weight is 222 g/mol. The summed E-state index contributed by atoms with van der Waals surface area (Å²) in [6.45, 7) is 3.54. The van der Waals surface area contributed by atoms with Crippen molar-refractivity contribution in [2.45, 2.75) is 31.0 Å². The van der Waals surface area contributed by atoms with E-state index in [9.17, 15) is 15.3 Å². The lowest BCUT2D eigenvalue weighted by molar-refractivity contribution is -0.290. The van der Waals surface area contributed by atoms with Crippen LogP contribution in [0.25, 0.3) is 0 Å². The predicted molar refractivity (Wildman–Crippen MR) is 51.9 cm³/mol. The van der Waals surface area contributed by atoms with E-state index in [-0.39, 0.29) is 6.61 Å². The van der Waals surface area contributed by atoms with E-state index >= 15 is 0 Å². The number of hydrogen-bond acceptors (Lipinski definition) is 6. The molecule has 4 unspecified atom stereocenters. The molecule has 0 aliphatic heterocycles. The molecule has 0 saturated heterocycles. The Labute approximate surface area is 88.1 Å². The molecule has 0 spiro atoms. The Morgan fingerprint density at radius 1 is 1.40 bits per heavy atom. The van der Waals surface area contributed by atoms with Gasteiger partial charge in [-0.25, -0.2) is 0 Å². The van der Waals surface area contributed by atoms with Gasteiger partial charge in [0, 0.05) is 0 Å². The Hall–Kier alpha value is -0.500. The van der Waals surface area contributed by atoms with Crippen LogP contribution in [0.15, 0.2) is 12.7 Å². The minimum Gasteiger partial charge on any atom is -0.391 e. The number of aliphatic hydroxyl groups is 5. The molecule has 0 aliphatic rings. The van der Waals surface area contributed by atoms with E-state index in [0.717, 1.165) is 0 Å². The van der Waals surface area contributed by atoms with E-state index in [2.05, 4.69) is 6.58 Å². The number of ether oxygens (including phenoxy) is 1. The Morgan fingerprint density at radius 3 is 2.27 bits per heavy atom. The highest BCUT2D eigenvalue weighted by Gasteiger charge is 2.42. The van der Waals surface area contributed by atoms with E-state index in [4.69, 9.17) is 14.9 Å². The fourth-order valence-corrected chi connectivity index (χ4v) is 0.958. The molecule has 90 valence electrons. The van der Waals surface area contributed by atoms with E-state index < -0.39 is 30.7 Å². The molecular weight excluding hydrogens is 204 g/mol. The van der Waals surface area contributed by atoms with Gasteiger partial charge >= 0.3 is 0 Å². The van der Waals surface area contributed by atoms with Crippen molar-refractivity contribution in [2.75, 3.05) is 13.2 Å². The van der Waals surface area contributed by atoms with Crippen LogP contribution in [-0.2, 0) is 4.74 Å². The van der Waals surface area contributed by atoms with Crippen LogP contribution in [-0.4, -0.2) is 62.8 Å². The quantitative estimate of drug-likeness (QED) is 0.251. The van der Waals surface area contributed by atoms with Crippen molar-refractivity contribution in [1.82, 2.24) is 0 Å². The summed E-state index contributed by atoms with van der Waals surface area (Å²) in [5, 5.41) is 46.2. The maximum atomic E-state index is 9.60. The third-order valence-corrected chi connectivity index (χ3v) is 1.96. The first kappa shape index (κ1) is 14.5. The summed E-state index contributed by atoms with van der Waals surface area (Å²) in [6.07, 6.45) is -3.39. The fourth-order valence-electron chi connectivity index (χ4n) is 0.958. The van der Waals surface area contributed by atoms with Gasteiger partial charge in [0.15, 0.2) is 0 Å². The Morgan fingerprint density at radius 2 is 1.93 bits per heavy atom.